The van der Waals surface area contributed by atoms with Crippen molar-refractivity contribution in [2.75, 3.05) is 14.1 Å². The molecule has 128 valence electrons. The minimum atomic E-state index is -0.475. The molecule has 1 aromatic heterocycles. The molecule has 5 nitrogen and oxygen atoms in total. The third-order valence-electron chi connectivity index (χ3n) is 3.70. The highest BCUT2D eigenvalue weighted by atomic mass is 35.5. The van der Waals surface area contributed by atoms with Gasteiger partial charge in [0.05, 0.1) is 0 Å². The third kappa shape index (κ3) is 3.33. The van der Waals surface area contributed by atoms with E-state index in [1.54, 1.807) is 30.3 Å². The Morgan fingerprint density at radius 1 is 1.00 bits per heavy atom. The summed E-state index contributed by atoms with van der Waals surface area (Å²) in [7, 11) is 3.03. The van der Waals surface area contributed by atoms with Crippen LogP contribution in [0.5, 0.6) is 0 Å². The van der Waals surface area contributed by atoms with Gasteiger partial charge in [0.25, 0.3) is 11.8 Å². The van der Waals surface area contributed by atoms with Crippen LogP contribution in [-0.4, -0.2) is 40.8 Å². The Balaban J connectivity index is 1.97. The smallest absolute Gasteiger partial charge is 0.265 e. The van der Waals surface area contributed by atoms with Crippen LogP contribution in [0.15, 0.2) is 40.3 Å². The van der Waals surface area contributed by atoms with Gasteiger partial charge in [0, 0.05) is 29.7 Å². The number of likely N-dealkylation sites (N-methyl/N-ethyl adjacent to an activating group) is 2. The normalized spacial score (nSPS) is 15.2. The first-order valence-electron chi connectivity index (χ1n) is 7.16. The van der Waals surface area contributed by atoms with Gasteiger partial charge in [-0.2, -0.15) is 0 Å². The monoisotopic (exact) mass is 394 g/mol. The van der Waals surface area contributed by atoms with Gasteiger partial charge in [0.15, 0.2) is 5.11 Å². The number of benzene rings is 1. The number of amides is 2. The Labute approximate surface area is 159 Å². The van der Waals surface area contributed by atoms with E-state index in [-0.39, 0.29) is 10.7 Å². The summed E-state index contributed by atoms with van der Waals surface area (Å²) in [6, 6.07) is 8.40. The van der Waals surface area contributed by atoms with E-state index in [1.165, 1.54) is 30.0 Å². The lowest BCUT2D eigenvalue weighted by atomic mass is 10.1. The van der Waals surface area contributed by atoms with Crippen molar-refractivity contribution in [3.8, 4) is 11.3 Å². The van der Waals surface area contributed by atoms with Crippen LogP contribution in [-0.2, 0) is 9.59 Å². The van der Waals surface area contributed by atoms with E-state index in [2.05, 4.69) is 0 Å². The Morgan fingerprint density at radius 3 is 2.12 bits per heavy atom. The fourth-order valence-corrected chi connectivity index (χ4v) is 3.09. The summed E-state index contributed by atoms with van der Waals surface area (Å²) in [4.78, 5) is 27.1. The summed E-state index contributed by atoms with van der Waals surface area (Å²) in [5.41, 5.74) is 0.669. The Hall–Kier alpha value is -2.15. The van der Waals surface area contributed by atoms with E-state index in [1.807, 2.05) is 0 Å². The molecule has 1 aliphatic heterocycles. The molecule has 1 saturated heterocycles. The van der Waals surface area contributed by atoms with Crippen molar-refractivity contribution in [2.24, 2.45) is 0 Å². The van der Waals surface area contributed by atoms with Crippen molar-refractivity contribution in [1.29, 1.82) is 0 Å². The second-order valence-corrected chi connectivity index (χ2v) is 6.67. The highest BCUT2D eigenvalue weighted by molar-refractivity contribution is 7.80. The van der Waals surface area contributed by atoms with Crippen LogP contribution in [0, 0.1) is 0 Å². The minimum Gasteiger partial charge on any atom is -0.457 e. The molecule has 1 fully saturated rings. The van der Waals surface area contributed by atoms with Crippen LogP contribution in [0.3, 0.4) is 0 Å². The first-order chi connectivity index (χ1) is 11.8. The molecule has 1 aromatic carbocycles. The molecule has 0 radical (unpaired) electrons. The van der Waals surface area contributed by atoms with Gasteiger partial charge in [-0.05, 0) is 48.6 Å². The number of nitrogens with zero attached hydrogens (tertiary/aromatic N) is 2. The first-order valence-corrected chi connectivity index (χ1v) is 8.32. The van der Waals surface area contributed by atoms with Crippen LogP contribution in [0.2, 0.25) is 10.0 Å². The maximum absolute atomic E-state index is 12.3. The predicted molar refractivity (Wildman–Crippen MR) is 100 cm³/mol. The van der Waals surface area contributed by atoms with Crippen LogP contribution in [0.1, 0.15) is 5.76 Å². The number of furan rings is 1. The van der Waals surface area contributed by atoms with Gasteiger partial charge in [-0.3, -0.25) is 19.4 Å². The molecule has 8 heteroatoms. The standard InChI is InChI=1S/C17H12Cl2N2O3S/c1-20-15(22)13(16(23)21(2)17(20)25)8-12-3-4-14(24-12)9-5-10(18)7-11(19)6-9/h3-8H,1-2H3. The van der Waals surface area contributed by atoms with Gasteiger partial charge in [0.2, 0.25) is 0 Å². The van der Waals surface area contributed by atoms with E-state index in [4.69, 9.17) is 39.8 Å². The van der Waals surface area contributed by atoms with E-state index >= 15 is 0 Å². The molecule has 0 unspecified atom stereocenters. The highest BCUT2D eigenvalue weighted by Gasteiger charge is 2.35. The van der Waals surface area contributed by atoms with Gasteiger partial charge < -0.3 is 4.42 Å². The minimum absolute atomic E-state index is 0.0244. The van der Waals surface area contributed by atoms with Crippen molar-refractivity contribution in [3.05, 3.63) is 51.7 Å². The quantitative estimate of drug-likeness (QED) is 0.440. The molecule has 0 N–H and O–H groups in total. The number of thiocarbonyl (C=S) groups is 1. The Morgan fingerprint density at radius 2 is 1.56 bits per heavy atom. The van der Waals surface area contributed by atoms with Crippen molar-refractivity contribution in [1.82, 2.24) is 9.80 Å². The fourth-order valence-electron chi connectivity index (χ4n) is 2.40. The summed E-state index contributed by atoms with van der Waals surface area (Å²) >= 11 is 17.0. The molecule has 0 atom stereocenters. The maximum atomic E-state index is 12.3. The lowest BCUT2D eigenvalue weighted by Gasteiger charge is -2.31. The van der Waals surface area contributed by atoms with Gasteiger partial charge >= 0.3 is 0 Å². The molecule has 0 saturated carbocycles. The average molecular weight is 395 g/mol. The molecule has 25 heavy (non-hydrogen) atoms. The number of carbonyl (C=O) groups excluding carboxylic acids is 2. The summed E-state index contributed by atoms with van der Waals surface area (Å²) in [5, 5.41) is 1.11. The molecule has 0 spiro atoms. The first kappa shape index (κ1) is 17.7. The zero-order valence-corrected chi connectivity index (χ0v) is 15.6. The van der Waals surface area contributed by atoms with E-state index in [9.17, 15) is 9.59 Å². The number of carbonyl (C=O) groups is 2. The third-order valence-corrected chi connectivity index (χ3v) is 4.69. The van der Waals surface area contributed by atoms with Gasteiger partial charge in [-0.15, -0.1) is 0 Å². The number of rotatable bonds is 2. The topological polar surface area (TPSA) is 53.8 Å². The van der Waals surface area contributed by atoms with E-state index in [0.717, 1.165) is 0 Å². The van der Waals surface area contributed by atoms with Crippen molar-refractivity contribution in [3.63, 3.8) is 0 Å². The maximum Gasteiger partial charge on any atom is 0.265 e. The lowest BCUT2D eigenvalue weighted by Crippen LogP contribution is -2.52. The molecule has 3 rings (SSSR count). The van der Waals surface area contributed by atoms with Gasteiger partial charge in [0.1, 0.15) is 17.1 Å². The number of halogens is 2. The zero-order valence-electron chi connectivity index (χ0n) is 13.2. The second-order valence-electron chi connectivity index (χ2n) is 5.43. The Kier molecular flexibility index (Phi) is 4.69. The second kappa shape index (κ2) is 6.63. The van der Waals surface area contributed by atoms with Gasteiger partial charge in [-0.25, -0.2) is 0 Å². The zero-order chi connectivity index (χ0) is 18.3. The SMILES string of the molecule is CN1C(=O)C(=Cc2ccc(-c3cc(Cl)cc(Cl)c3)o2)C(=O)N(C)C1=S. The summed E-state index contributed by atoms with van der Waals surface area (Å²) in [6.45, 7) is 0. The molecular formula is C17H12Cl2N2O3S. The molecule has 0 aliphatic carbocycles. The molecule has 2 aromatic rings. The van der Waals surface area contributed by atoms with Crippen LogP contribution in [0.25, 0.3) is 17.4 Å². The van der Waals surface area contributed by atoms with Crippen molar-refractivity contribution in [2.45, 2.75) is 0 Å². The average Bonchev–Trinajstić information content (AvgIpc) is 3.03. The van der Waals surface area contributed by atoms with Crippen LogP contribution in [0.4, 0.5) is 0 Å². The summed E-state index contributed by atoms with van der Waals surface area (Å²) < 4.78 is 5.71. The molecule has 1 aliphatic rings. The van der Waals surface area contributed by atoms with Crippen LogP contribution >= 0.6 is 35.4 Å². The van der Waals surface area contributed by atoms with E-state index < -0.39 is 11.8 Å². The van der Waals surface area contributed by atoms with Crippen molar-refractivity contribution >= 4 is 58.4 Å². The number of hydrogen-bond donors (Lipinski definition) is 0. The highest BCUT2D eigenvalue weighted by Crippen LogP contribution is 2.29. The van der Waals surface area contributed by atoms with Crippen molar-refractivity contribution < 1.29 is 14.0 Å². The molecule has 2 heterocycles. The Bertz CT molecular complexity index is 889. The lowest BCUT2D eigenvalue weighted by molar-refractivity contribution is -0.132. The fraction of sp³-hybridized carbons (Fsp3) is 0.118. The molecular weight excluding hydrogens is 383 g/mol. The van der Waals surface area contributed by atoms with E-state index in [0.29, 0.717) is 27.1 Å². The van der Waals surface area contributed by atoms with Crippen LogP contribution < -0.4 is 0 Å². The summed E-state index contributed by atoms with van der Waals surface area (Å²) in [5.74, 6) is -0.0738. The molecule has 0 bridgehead atoms. The number of hydrogen-bond acceptors (Lipinski definition) is 4. The predicted octanol–water partition coefficient (Wildman–Crippen LogP) is 3.85. The van der Waals surface area contributed by atoms with Gasteiger partial charge in [-0.1, -0.05) is 23.2 Å². The summed E-state index contributed by atoms with van der Waals surface area (Å²) in [6.07, 6.45) is 1.40. The molecule has 2 amide bonds. The largest absolute Gasteiger partial charge is 0.457 e.